The van der Waals surface area contributed by atoms with E-state index in [0.717, 1.165) is 38.0 Å². The van der Waals surface area contributed by atoms with Crippen LogP contribution in [0.4, 0.5) is 22.7 Å². The summed E-state index contributed by atoms with van der Waals surface area (Å²) in [6.45, 7) is 13.6. The second-order valence-corrected chi connectivity index (χ2v) is 12.5. The number of hydrogen-bond donors (Lipinski definition) is 0. The van der Waals surface area contributed by atoms with Crippen molar-refractivity contribution in [3.8, 4) is 0 Å². The summed E-state index contributed by atoms with van der Waals surface area (Å²) >= 11 is 0. The number of benzene rings is 2. The summed E-state index contributed by atoms with van der Waals surface area (Å²) in [5, 5.41) is 19.2. The van der Waals surface area contributed by atoms with E-state index in [4.69, 9.17) is 33.2 Å². The van der Waals surface area contributed by atoms with E-state index in [0.29, 0.717) is 37.8 Å². The first kappa shape index (κ1) is 34.3. The molecule has 13 heteroatoms. The molecule has 0 aliphatic carbocycles. The van der Waals surface area contributed by atoms with Crippen molar-refractivity contribution in [3.63, 3.8) is 0 Å². The maximum absolute atomic E-state index is 10.8. The Morgan fingerprint density at radius 2 is 1.54 bits per heavy atom. The number of anilines is 1. The summed E-state index contributed by atoms with van der Waals surface area (Å²) < 4.78 is 42.4. The number of nitrogens with zero attached hydrogens (tertiary/aromatic N) is 4. The van der Waals surface area contributed by atoms with E-state index in [2.05, 4.69) is 22.1 Å². The molecule has 3 aliphatic heterocycles. The predicted molar refractivity (Wildman–Crippen MR) is 170 cm³/mol. The van der Waals surface area contributed by atoms with E-state index in [1.165, 1.54) is 12.1 Å². The minimum absolute atomic E-state index is 0.0228. The smallest absolute Gasteiger partial charge is 0.269 e. The predicted octanol–water partition coefficient (Wildman–Crippen LogP) is 6.44. The van der Waals surface area contributed by atoms with Crippen molar-refractivity contribution in [3.05, 3.63) is 58.6 Å². The molecule has 0 amide bonds. The first-order valence-corrected chi connectivity index (χ1v) is 16.1. The summed E-state index contributed by atoms with van der Waals surface area (Å²) in [4.78, 5) is 12.6. The van der Waals surface area contributed by atoms with E-state index < -0.39 is 22.8 Å². The van der Waals surface area contributed by atoms with Gasteiger partial charge in [0.15, 0.2) is 17.9 Å². The zero-order valence-corrected chi connectivity index (χ0v) is 27.3. The quantitative estimate of drug-likeness (QED) is 0.0871. The second kappa shape index (κ2) is 15.2. The lowest BCUT2D eigenvalue weighted by Crippen LogP contribution is -2.44. The number of nitro groups is 1. The highest BCUT2D eigenvalue weighted by Gasteiger charge is 2.58. The first-order valence-electron chi connectivity index (χ1n) is 16.1. The monoisotopic (exact) mass is 642 g/mol. The van der Waals surface area contributed by atoms with Crippen molar-refractivity contribution in [2.75, 3.05) is 44.4 Å². The van der Waals surface area contributed by atoms with Crippen LogP contribution >= 0.6 is 0 Å². The van der Waals surface area contributed by atoms with Gasteiger partial charge in [-0.1, -0.05) is 0 Å². The van der Waals surface area contributed by atoms with Crippen LogP contribution in [0.25, 0.3) is 0 Å². The molecule has 0 N–H and O–H groups in total. The summed E-state index contributed by atoms with van der Waals surface area (Å²) in [5.74, 6) is -1.36. The lowest BCUT2D eigenvalue weighted by Gasteiger charge is -2.29. The molecule has 0 spiro atoms. The van der Waals surface area contributed by atoms with Gasteiger partial charge < -0.3 is 38.1 Å². The fraction of sp³-hybridized carbons (Fsp3) is 0.636. The molecule has 2 aromatic carbocycles. The van der Waals surface area contributed by atoms with Gasteiger partial charge >= 0.3 is 0 Å². The van der Waals surface area contributed by atoms with Gasteiger partial charge in [-0.05, 0) is 90.3 Å². The summed E-state index contributed by atoms with van der Waals surface area (Å²) in [6.07, 6.45) is 1.19. The molecule has 2 aromatic rings. The minimum atomic E-state index is -0.715. The van der Waals surface area contributed by atoms with Gasteiger partial charge in [0, 0.05) is 44.1 Å². The van der Waals surface area contributed by atoms with E-state index in [1.54, 1.807) is 12.1 Å². The molecular weight excluding hydrogens is 596 g/mol. The normalized spacial score (nSPS) is 26.5. The van der Waals surface area contributed by atoms with Gasteiger partial charge in [-0.3, -0.25) is 10.1 Å². The lowest BCUT2D eigenvalue weighted by molar-refractivity contribution is -0.384. The maximum Gasteiger partial charge on any atom is 0.269 e. The third-order valence-corrected chi connectivity index (χ3v) is 8.11. The van der Waals surface area contributed by atoms with Crippen molar-refractivity contribution in [1.29, 1.82) is 0 Å². The topological polar surface area (TPSA) is 136 Å². The standard InChI is InChI=1S/C33H46N4O9/c1-6-36(25-14-10-23(11-15-25)34-35-24-12-16-26(17-13-24)37(38)39)18-21-40-19-8-7-9-20-41-29-28(27-22-42-32(2,3)44-27)43-31-30(29)45-33(4,5)46-31/h10-17,27-31H,6-9,18-22H2,1-5H3/t27-,28-,29+,30-,31?/m1/s1. The number of rotatable bonds is 16. The van der Waals surface area contributed by atoms with Gasteiger partial charge in [0.2, 0.25) is 0 Å². The molecule has 5 atom stereocenters. The number of fused-ring (bicyclic) bond motifs is 1. The molecule has 0 bridgehead atoms. The van der Waals surface area contributed by atoms with E-state index in [1.807, 2.05) is 52.0 Å². The molecule has 0 aromatic heterocycles. The fourth-order valence-corrected chi connectivity index (χ4v) is 5.81. The molecule has 3 saturated heterocycles. The molecule has 1 unspecified atom stereocenters. The fourth-order valence-electron chi connectivity index (χ4n) is 5.81. The SMILES string of the molecule is CCN(CCOCCCCCO[C@H]1[C@@H]([C@H]2COC(C)(C)O2)OC2OC(C)(C)O[C@@H]21)c1ccc(N=Nc2ccc([N+](=O)[O-])cc2)cc1. The minimum Gasteiger partial charge on any atom is -0.380 e. The van der Waals surface area contributed by atoms with Crippen LogP contribution in [-0.4, -0.2) is 86.7 Å². The Labute approximate surface area is 270 Å². The van der Waals surface area contributed by atoms with Crippen molar-refractivity contribution >= 4 is 22.7 Å². The van der Waals surface area contributed by atoms with Crippen LogP contribution in [0.5, 0.6) is 0 Å². The molecule has 13 nitrogen and oxygen atoms in total. The Bertz CT molecular complexity index is 1310. The van der Waals surface area contributed by atoms with Crippen molar-refractivity contribution in [1.82, 2.24) is 0 Å². The number of unbranched alkanes of at least 4 members (excludes halogenated alkanes) is 2. The average molecular weight is 643 g/mol. The highest BCUT2D eigenvalue weighted by Crippen LogP contribution is 2.42. The van der Waals surface area contributed by atoms with Crippen LogP contribution < -0.4 is 4.90 Å². The number of nitro benzene ring substituents is 1. The number of azo groups is 1. The summed E-state index contributed by atoms with van der Waals surface area (Å²) in [7, 11) is 0. The Morgan fingerprint density at radius 3 is 2.17 bits per heavy atom. The molecule has 3 aliphatic rings. The number of non-ortho nitro benzene ring substituents is 1. The van der Waals surface area contributed by atoms with Gasteiger partial charge in [0.05, 0.1) is 29.5 Å². The first-order chi connectivity index (χ1) is 22.0. The highest BCUT2D eigenvalue weighted by atomic mass is 16.8. The van der Waals surface area contributed by atoms with Crippen LogP contribution in [0.15, 0.2) is 58.8 Å². The maximum atomic E-state index is 10.8. The molecule has 46 heavy (non-hydrogen) atoms. The Kier molecular flexibility index (Phi) is 11.4. The Balaban J connectivity index is 0.978. The molecule has 5 rings (SSSR count). The van der Waals surface area contributed by atoms with Crippen LogP contribution in [-0.2, 0) is 33.2 Å². The van der Waals surface area contributed by atoms with E-state index in [-0.39, 0.29) is 30.1 Å². The largest absolute Gasteiger partial charge is 0.380 e. The van der Waals surface area contributed by atoms with Crippen molar-refractivity contribution < 1.29 is 38.1 Å². The Morgan fingerprint density at radius 1 is 0.870 bits per heavy atom. The average Bonchev–Trinajstić information content (AvgIpc) is 3.65. The van der Waals surface area contributed by atoms with Crippen LogP contribution in [0, 0.1) is 10.1 Å². The molecular formula is C33H46N4O9. The summed E-state index contributed by atoms with van der Waals surface area (Å²) in [6, 6.07) is 13.8. The molecule has 3 fully saturated rings. The molecule has 3 heterocycles. The van der Waals surface area contributed by atoms with Crippen molar-refractivity contribution in [2.24, 2.45) is 10.2 Å². The van der Waals surface area contributed by atoms with Gasteiger partial charge in [0.1, 0.15) is 24.4 Å². The van der Waals surface area contributed by atoms with Crippen LogP contribution in [0.3, 0.4) is 0 Å². The Hall–Kier alpha value is -3.04. The zero-order chi connectivity index (χ0) is 32.7. The molecule has 0 saturated carbocycles. The summed E-state index contributed by atoms with van der Waals surface area (Å²) in [5.41, 5.74) is 2.35. The van der Waals surface area contributed by atoms with E-state index in [9.17, 15) is 10.1 Å². The van der Waals surface area contributed by atoms with Gasteiger partial charge in [-0.25, -0.2) is 0 Å². The van der Waals surface area contributed by atoms with Gasteiger partial charge in [0.25, 0.3) is 5.69 Å². The third-order valence-electron chi connectivity index (χ3n) is 8.11. The zero-order valence-electron chi connectivity index (χ0n) is 27.3. The third kappa shape index (κ3) is 9.06. The molecule has 0 radical (unpaired) electrons. The van der Waals surface area contributed by atoms with Gasteiger partial charge in [-0.15, -0.1) is 0 Å². The second-order valence-electron chi connectivity index (χ2n) is 12.5. The number of likely N-dealkylation sites (N-methyl/N-ethyl adjacent to an activating group) is 1. The van der Waals surface area contributed by atoms with Gasteiger partial charge in [-0.2, -0.15) is 10.2 Å². The van der Waals surface area contributed by atoms with E-state index >= 15 is 0 Å². The van der Waals surface area contributed by atoms with Crippen molar-refractivity contribution in [2.45, 2.75) is 96.2 Å². The van der Waals surface area contributed by atoms with Crippen LogP contribution in [0.1, 0.15) is 53.9 Å². The number of hydrogen-bond acceptors (Lipinski definition) is 12. The highest BCUT2D eigenvalue weighted by molar-refractivity contribution is 5.53. The lowest BCUT2D eigenvalue weighted by atomic mass is 10.1. The van der Waals surface area contributed by atoms with Crippen LogP contribution in [0.2, 0.25) is 0 Å². The molecule has 252 valence electrons. The number of ether oxygens (including phenoxy) is 7.